The van der Waals surface area contributed by atoms with Crippen LogP contribution < -0.4 is 5.43 Å². The highest BCUT2D eigenvalue weighted by molar-refractivity contribution is 5.83. The third-order valence-corrected chi connectivity index (χ3v) is 3.72. The number of carboxylic acid groups (broad SMARTS) is 1. The van der Waals surface area contributed by atoms with Crippen LogP contribution in [0.25, 0.3) is 0 Å². The van der Waals surface area contributed by atoms with Gasteiger partial charge < -0.3 is 10.0 Å². The Bertz CT molecular complexity index is 332. The van der Waals surface area contributed by atoms with E-state index in [4.69, 9.17) is 0 Å². The van der Waals surface area contributed by atoms with Gasteiger partial charge in [-0.15, -0.1) is 0 Å². The van der Waals surface area contributed by atoms with E-state index in [1.165, 1.54) is 9.91 Å². The number of nitrogens with zero attached hydrogens (tertiary/aromatic N) is 2. The van der Waals surface area contributed by atoms with Gasteiger partial charge in [0.2, 0.25) is 0 Å². The number of hydrogen-bond acceptors (Lipinski definition) is 3. The van der Waals surface area contributed by atoms with Gasteiger partial charge in [0.05, 0.1) is 0 Å². The molecular formula is C11H19N3O3. The summed E-state index contributed by atoms with van der Waals surface area (Å²) in [5, 5.41) is 10.8. The Labute approximate surface area is 101 Å². The second-order valence-corrected chi connectivity index (χ2v) is 5.10. The van der Waals surface area contributed by atoms with Gasteiger partial charge in [0.25, 0.3) is 0 Å². The number of carbonyl (C=O) groups excluding carboxylic acids is 1. The van der Waals surface area contributed by atoms with Crippen LogP contribution in [0.15, 0.2) is 0 Å². The molecule has 0 radical (unpaired) electrons. The largest absolute Gasteiger partial charge is 0.480 e. The van der Waals surface area contributed by atoms with Crippen LogP contribution in [-0.4, -0.2) is 53.7 Å². The van der Waals surface area contributed by atoms with Crippen LogP contribution in [0.4, 0.5) is 4.79 Å². The summed E-state index contributed by atoms with van der Waals surface area (Å²) in [6.07, 6.45) is 3.05. The van der Waals surface area contributed by atoms with Crippen molar-refractivity contribution in [1.82, 2.24) is 15.3 Å². The predicted octanol–water partition coefficient (Wildman–Crippen LogP) is 0.358. The second-order valence-electron chi connectivity index (χ2n) is 5.10. The Kier molecular flexibility index (Phi) is 3.24. The molecule has 0 aromatic heterocycles. The fourth-order valence-electron chi connectivity index (χ4n) is 3.09. The van der Waals surface area contributed by atoms with Crippen molar-refractivity contribution >= 4 is 12.0 Å². The van der Waals surface area contributed by atoms with E-state index in [-0.39, 0.29) is 11.9 Å². The highest BCUT2D eigenvalue weighted by Crippen LogP contribution is 2.42. The first-order valence-corrected chi connectivity index (χ1v) is 5.98. The number of fused-ring (bicyclic) bond motifs is 1. The van der Waals surface area contributed by atoms with E-state index in [2.05, 4.69) is 5.43 Å². The molecule has 1 saturated heterocycles. The van der Waals surface area contributed by atoms with Crippen LogP contribution in [0, 0.1) is 11.8 Å². The van der Waals surface area contributed by atoms with Gasteiger partial charge in [-0.05, 0) is 24.7 Å². The van der Waals surface area contributed by atoms with Gasteiger partial charge in [-0.3, -0.25) is 5.43 Å². The number of hydrazine groups is 1. The molecule has 1 heterocycles. The maximum atomic E-state index is 11.9. The van der Waals surface area contributed by atoms with Crippen molar-refractivity contribution in [2.24, 2.45) is 11.8 Å². The van der Waals surface area contributed by atoms with Gasteiger partial charge >= 0.3 is 12.0 Å². The summed E-state index contributed by atoms with van der Waals surface area (Å²) in [7, 11) is 3.43. The Morgan fingerprint density at radius 1 is 1.35 bits per heavy atom. The minimum Gasteiger partial charge on any atom is -0.480 e. The van der Waals surface area contributed by atoms with Gasteiger partial charge in [-0.25, -0.2) is 14.6 Å². The fraction of sp³-hybridized carbons (Fsp3) is 0.818. The van der Waals surface area contributed by atoms with Crippen molar-refractivity contribution in [3.8, 4) is 0 Å². The number of urea groups is 1. The second kappa shape index (κ2) is 4.52. The summed E-state index contributed by atoms with van der Waals surface area (Å²) < 4.78 is 0. The van der Waals surface area contributed by atoms with E-state index >= 15 is 0 Å². The van der Waals surface area contributed by atoms with Crippen LogP contribution in [0.3, 0.4) is 0 Å². The van der Waals surface area contributed by atoms with Crippen LogP contribution in [0.1, 0.15) is 19.3 Å². The lowest BCUT2D eigenvalue weighted by Crippen LogP contribution is -2.51. The van der Waals surface area contributed by atoms with Crippen LogP contribution in [0.5, 0.6) is 0 Å². The Hall–Kier alpha value is -1.30. The van der Waals surface area contributed by atoms with E-state index in [9.17, 15) is 14.7 Å². The van der Waals surface area contributed by atoms with E-state index in [0.717, 1.165) is 19.3 Å². The molecule has 3 unspecified atom stereocenters. The summed E-state index contributed by atoms with van der Waals surface area (Å²) in [5.41, 5.74) is 2.62. The van der Waals surface area contributed by atoms with Crippen molar-refractivity contribution in [3.63, 3.8) is 0 Å². The van der Waals surface area contributed by atoms with Gasteiger partial charge in [-0.1, -0.05) is 6.42 Å². The monoisotopic (exact) mass is 241 g/mol. The van der Waals surface area contributed by atoms with Gasteiger partial charge in [0, 0.05) is 20.6 Å². The number of aliphatic carboxylic acids is 1. The standard InChI is InChI=1S/C11H19N3O3/c1-13(2)12-11(17)14-6-7-4-3-5-8(7)9(14)10(15)16/h7-9H,3-6H2,1-2H3,(H,12,17)(H,15,16). The molecule has 2 fully saturated rings. The number of carboxylic acids is 1. The molecule has 2 N–H and O–H groups in total. The maximum Gasteiger partial charge on any atom is 0.332 e. The van der Waals surface area contributed by atoms with Crippen molar-refractivity contribution < 1.29 is 14.7 Å². The Balaban J connectivity index is 2.11. The highest BCUT2D eigenvalue weighted by atomic mass is 16.4. The lowest BCUT2D eigenvalue weighted by molar-refractivity contribution is -0.142. The normalized spacial score (nSPS) is 31.7. The quantitative estimate of drug-likeness (QED) is 0.685. The lowest BCUT2D eigenvalue weighted by atomic mass is 9.94. The molecular weight excluding hydrogens is 222 g/mol. The average Bonchev–Trinajstić information content (AvgIpc) is 2.72. The zero-order valence-electron chi connectivity index (χ0n) is 10.2. The zero-order chi connectivity index (χ0) is 12.6. The van der Waals surface area contributed by atoms with Gasteiger partial charge in [0.15, 0.2) is 0 Å². The first kappa shape index (κ1) is 12.2. The number of nitrogens with one attached hydrogen (secondary N) is 1. The number of hydrogen-bond donors (Lipinski definition) is 2. The van der Waals surface area contributed by atoms with Gasteiger partial charge in [-0.2, -0.15) is 0 Å². The average molecular weight is 241 g/mol. The summed E-state index contributed by atoms with van der Waals surface area (Å²) >= 11 is 0. The Morgan fingerprint density at radius 3 is 2.65 bits per heavy atom. The minimum absolute atomic E-state index is 0.139. The molecule has 0 aromatic rings. The van der Waals surface area contributed by atoms with E-state index in [1.807, 2.05) is 0 Å². The molecule has 3 atom stereocenters. The molecule has 6 heteroatoms. The smallest absolute Gasteiger partial charge is 0.332 e. The third kappa shape index (κ3) is 2.22. The molecule has 96 valence electrons. The van der Waals surface area contributed by atoms with Crippen molar-refractivity contribution in [2.75, 3.05) is 20.6 Å². The number of likely N-dealkylation sites (tertiary alicyclic amines) is 1. The number of amides is 2. The molecule has 0 bridgehead atoms. The van der Waals surface area contributed by atoms with E-state index in [1.54, 1.807) is 14.1 Å². The summed E-state index contributed by atoms with van der Waals surface area (Å²) in [5.74, 6) is -0.377. The predicted molar refractivity (Wildman–Crippen MR) is 61.2 cm³/mol. The zero-order valence-corrected chi connectivity index (χ0v) is 10.2. The molecule has 1 saturated carbocycles. The fourth-order valence-corrected chi connectivity index (χ4v) is 3.09. The van der Waals surface area contributed by atoms with Crippen molar-refractivity contribution in [3.05, 3.63) is 0 Å². The molecule has 2 rings (SSSR count). The van der Waals surface area contributed by atoms with Crippen molar-refractivity contribution in [1.29, 1.82) is 0 Å². The molecule has 1 aliphatic heterocycles. The van der Waals surface area contributed by atoms with Crippen LogP contribution in [0.2, 0.25) is 0 Å². The van der Waals surface area contributed by atoms with Crippen molar-refractivity contribution in [2.45, 2.75) is 25.3 Å². The summed E-state index contributed by atoms with van der Waals surface area (Å²) in [4.78, 5) is 24.7. The highest BCUT2D eigenvalue weighted by Gasteiger charge is 2.49. The lowest BCUT2D eigenvalue weighted by Gasteiger charge is -2.26. The number of carbonyl (C=O) groups is 2. The maximum absolute atomic E-state index is 11.9. The topological polar surface area (TPSA) is 72.9 Å². The SMILES string of the molecule is CN(C)NC(=O)N1CC2CCCC2C1C(=O)O. The molecule has 2 amide bonds. The molecule has 2 aliphatic rings. The third-order valence-electron chi connectivity index (χ3n) is 3.72. The van der Waals surface area contributed by atoms with Gasteiger partial charge in [0.1, 0.15) is 6.04 Å². The Morgan fingerprint density at radius 2 is 2.06 bits per heavy atom. The summed E-state index contributed by atoms with van der Waals surface area (Å²) in [6.45, 7) is 0.571. The number of rotatable bonds is 2. The van der Waals surface area contributed by atoms with Crippen LogP contribution >= 0.6 is 0 Å². The molecule has 0 aromatic carbocycles. The van der Waals surface area contributed by atoms with E-state index in [0.29, 0.717) is 12.5 Å². The minimum atomic E-state index is -0.881. The summed E-state index contributed by atoms with van der Waals surface area (Å²) in [6, 6.07) is -0.959. The van der Waals surface area contributed by atoms with E-state index < -0.39 is 12.0 Å². The molecule has 0 spiro atoms. The molecule has 1 aliphatic carbocycles. The first-order valence-electron chi connectivity index (χ1n) is 5.98. The molecule has 6 nitrogen and oxygen atoms in total. The van der Waals surface area contributed by atoms with Crippen LogP contribution in [-0.2, 0) is 4.79 Å². The first-order chi connectivity index (χ1) is 8.00. The molecule has 17 heavy (non-hydrogen) atoms.